The minimum Gasteiger partial charge on any atom is -0.309 e. The molecule has 0 N–H and O–H groups in total. The van der Waals surface area contributed by atoms with Gasteiger partial charge in [-0.2, -0.15) is 0 Å². The smallest absolute Gasteiger partial charge is 0.139 e. The highest BCUT2D eigenvalue weighted by Crippen LogP contribution is 2.40. The summed E-state index contributed by atoms with van der Waals surface area (Å²) in [4.78, 5) is 0. The number of benzene rings is 8. The third kappa shape index (κ3) is 5.10. The molecule has 0 aliphatic carbocycles. The summed E-state index contributed by atoms with van der Waals surface area (Å²) in [6.45, 7) is 0. The molecule has 52 heavy (non-hydrogen) atoms. The van der Waals surface area contributed by atoms with Gasteiger partial charge in [-0.3, -0.25) is 0 Å². The van der Waals surface area contributed by atoms with Crippen LogP contribution in [0.15, 0.2) is 186 Å². The molecule has 0 spiro atoms. The molecule has 244 valence electrons. The van der Waals surface area contributed by atoms with E-state index in [0.29, 0.717) is 0 Å². The second kappa shape index (κ2) is 12.3. The van der Waals surface area contributed by atoms with Gasteiger partial charge in [-0.05, 0) is 118 Å². The van der Waals surface area contributed by atoms with Gasteiger partial charge in [-0.15, -0.1) is 0 Å². The summed E-state index contributed by atoms with van der Waals surface area (Å²) in [6.07, 6.45) is 0. The Morgan fingerprint density at radius 3 is 1.00 bits per heavy atom. The van der Waals surface area contributed by atoms with E-state index in [1.165, 1.54) is 82.5 Å². The van der Waals surface area contributed by atoms with Crippen LogP contribution in [0, 0.1) is 0 Å². The lowest BCUT2D eigenvalue weighted by Gasteiger charge is -2.09. The maximum Gasteiger partial charge on any atom is 0.139 e. The van der Waals surface area contributed by atoms with Crippen LogP contribution in [0.2, 0.25) is 0 Å². The lowest BCUT2D eigenvalue weighted by atomic mass is 9.93. The van der Waals surface area contributed by atoms with Crippen molar-refractivity contribution < 1.29 is 0 Å². The molecule has 0 atom stereocenters. The predicted molar refractivity (Wildman–Crippen MR) is 227 cm³/mol. The van der Waals surface area contributed by atoms with Crippen molar-refractivity contribution in [2.45, 2.75) is 0 Å². The number of fused-ring (bicyclic) bond motifs is 6. The van der Waals surface area contributed by atoms with Gasteiger partial charge in [0, 0.05) is 37.4 Å². The maximum absolute atomic E-state index is 3.60. The topological polar surface area (TPSA) is 9.86 Å². The number of para-hydroxylation sites is 2. The van der Waals surface area contributed by atoms with Crippen molar-refractivity contribution in [3.05, 3.63) is 186 Å². The highest BCUT2D eigenvalue weighted by atomic mass is 79.9. The van der Waals surface area contributed by atoms with Crippen LogP contribution in [0.4, 0.5) is 0 Å². The van der Waals surface area contributed by atoms with Gasteiger partial charge in [0.2, 0.25) is 0 Å². The van der Waals surface area contributed by atoms with E-state index in [-0.39, 0.29) is 0 Å². The number of aromatic nitrogens is 2. The normalized spacial score (nSPS) is 11.6. The fourth-order valence-electron chi connectivity index (χ4n) is 7.86. The molecule has 0 radical (unpaired) electrons. The Balaban J connectivity index is 1.19. The highest BCUT2D eigenvalue weighted by Gasteiger charge is 2.17. The van der Waals surface area contributed by atoms with Crippen LogP contribution in [-0.2, 0) is 0 Å². The first kappa shape index (κ1) is 30.7. The lowest BCUT2D eigenvalue weighted by Crippen LogP contribution is -1.99. The van der Waals surface area contributed by atoms with Crippen LogP contribution in [-0.4, -0.2) is 17.0 Å². The summed E-state index contributed by atoms with van der Waals surface area (Å²) >= 11 is 3.60. The van der Waals surface area contributed by atoms with E-state index in [4.69, 9.17) is 0 Å². The number of nitrogens with zero attached hydrogens (tertiary/aromatic N) is 2. The van der Waals surface area contributed by atoms with Gasteiger partial charge in [0.15, 0.2) is 0 Å². The van der Waals surface area contributed by atoms with E-state index in [1.54, 1.807) is 0 Å². The Morgan fingerprint density at radius 1 is 0.327 bits per heavy atom. The quantitative estimate of drug-likeness (QED) is 0.156. The standard InChI is InChI=1S/C48H32BBrN2/c49-37-19-11-31(12-20-37)33-15-23-45-41(27-33)43-29-35(17-25-47(43)51(45)39-7-3-1-4-8-39)36-18-26-48-44(30-36)42-28-34(32-13-21-38(50)22-14-32)16-24-46(42)52(48)40-9-5-2-6-10-40/h1-30H,49H2. The van der Waals surface area contributed by atoms with Gasteiger partial charge in [0.25, 0.3) is 0 Å². The fourth-order valence-corrected chi connectivity index (χ4v) is 8.13. The molecule has 2 nitrogen and oxygen atoms in total. The molecule has 0 bridgehead atoms. The monoisotopic (exact) mass is 726 g/mol. The van der Waals surface area contributed by atoms with Crippen molar-refractivity contribution in [3.63, 3.8) is 0 Å². The Bertz CT molecular complexity index is 2740. The average molecular weight is 728 g/mol. The molecule has 0 amide bonds. The van der Waals surface area contributed by atoms with Gasteiger partial charge in [0.05, 0.1) is 22.1 Å². The van der Waals surface area contributed by atoms with Crippen molar-refractivity contribution in [2.75, 3.05) is 0 Å². The molecule has 0 saturated carbocycles. The number of halogens is 1. The molecule has 10 aromatic rings. The predicted octanol–water partition coefficient (Wildman–Crippen LogP) is 11.9. The summed E-state index contributed by atoms with van der Waals surface area (Å²) in [5.41, 5.74) is 15.6. The zero-order chi connectivity index (χ0) is 34.8. The maximum atomic E-state index is 3.60. The van der Waals surface area contributed by atoms with Crippen LogP contribution >= 0.6 is 15.9 Å². The van der Waals surface area contributed by atoms with Crippen LogP contribution in [0.5, 0.6) is 0 Å². The lowest BCUT2D eigenvalue weighted by molar-refractivity contribution is 1.18. The first-order valence-electron chi connectivity index (χ1n) is 17.7. The largest absolute Gasteiger partial charge is 0.309 e. The summed E-state index contributed by atoms with van der Waals surface area (Å²) in [6, 6.07) is 66.5. The van der Waals surface area contributed by atoms with Crippen LogP contribution < -0.4 is 5.46 Å². The van der Waals surface area contributed by atoms with E-state index in [9.17, 15) is 0 Å². The van der Waals surface area contributed by atoms with Gasteiger partial charge in [-0.1, -0.05) is 118 Å². The molecule has 2 heterocycles. The van der Waals surface area contributed by atoms with Crippen LogP contribution in [0.3, 0.4) is 0 Å². The first-order valence-corrected chi connectivity index (χ1v) is 18.5. The van der Waals surface area contributed by atoms with Gasteiger partial charge < -0.3 is 9.13 Å². The van der Waals surface area contributed by atoms with Crippen LogP contribution in [0.25, 0.3) is 88.4 Å². The number of hydrogen-bond donors (Lipinski definition) is 0. The third-order valence-electron chi connectivity index (χ3n) is 10.5. The van der Waals surface area contributed by atoms with Gasteiger partial charge in [0.1, 0.15) is 7.85 Å². The van der Waals surface area contributed by atoms with E-state index < -0.39 is 0 Å². The number of hydrogen-bond acceptors (Lipinski definition) is 0. The summed E-state index contributed by atoms with van der Waals surface area (Å²) < 4.78 is 5.87. The van der Waals surface area contributed by atoms with E-state index in [0.717, 1.165) is 15.8 Å². The van der Waals surface area contributed by atoms with Gasteiger partial charge >= 0.3 is 0 Å². The molecule has 0 unspecified atom stereocenters. The van der Waals surface area contributed by atoms with Crippen molar-refractivity contribution in [2.24, 2.45) is 0 Å². The molecule has 2 aromatic heterocycles. The van der Waals surface area contributed by atoms with Crippen molar-refractivity contribution >= 4 is 72.9 Å². The summed E-state index contributed by atoms with van der Waals surface area (Å²) in [7, 11) is 2.14. The minimum absolute atomic E-state index is 1.08. The van der Waals surface area contributed by atoms with E-state index in [2.05, 4.69) is 215 Å². The molecule has 10 rings (SSSR count). The molecule has 0 saturated heterocycles. The molecule has 0 aliphatic rings. The molecular formula is C48H32BBrN2. The van der Waals surface area contributed by atoms with E-state index in [1.807, 2.05) is 0 Å². The zero-order valence-corrected chi connectivity index (χ0v) is 30.2. The van der Waals surface area contributed by atoms with E-state index >= 15 is 0 Å². The Kier molecular flexibility index (Phi) is 7.26. The minimum atomic E-state index is 1.08. The number of rotatable bonds is 5. The molecule has 0 aliphatic heterocycles. The Labute approximate surface area is 311 Å². The average Bonchev–Trinajstić information content (AvgIpc) is 3.70. The molecule has 8 aromatic carbocycles. The molecular weight excluding hydrogens is 695 g/mol. The fraction of sp³-hybridized carbons (Fsp3) is 0. The highest BCUT2D eigenvalue weighted by molar-refractivity contribution is 9.10. The Morgan fingerprint density at radius 2 is 0.635 bits per heavy atom. The van der Waals surface area contributed by atoms with Crippen molar-refractivity contribution in [1.82, 2.24) is 9.13 Å². The first-order chi connectivity index (χ1) is 25.6. The second-order valence-electron chi connectivity index (χ2n) is 13.6. The third-order valence-corrected chi connectivity index (χ3v) is 11.0. The SMILES string of the molecule is Bc1ccc(-c2ccc3c(c2)c2cc(-c4ccc5c(c4)c4cc(-c6ccc(Br)cc6)ccc4n5-c4ccccc4)ccc2n3-c2ccccc2)cc1. The second-order valence-corrected chi connectivity index (χ2v) is 14.6. The van der Waals surface area contributed by atoms with Crippen molar-refractivity contribution in [3.8, 4) is 44.8 Å². The van der Waals surface area contributed by atoms with Gasteiger partial charge in [-0.25, -0.2) is 0 Å². The summed E-state index contributed by atoms with van der Waals surface area (Å²) in [5.74, 6) is 0. The summed E-state index contributed by atoms with van der Waals surface area (Å²) in [5, 5.41) is 4.98. The Hall–Kier alpha value is -6.10. The molecule has 4 heteroatoms. The zero-order valence-electron chi connectivity index (χ0n) is 28.6. The van der Waals surface area contributed by atoms with Crippen LogP contribution in [0.1, 0.15) is 0 Å². The molecule has 0 fully saturated rings. The van der Waals surface area contributed by atoms with Crippen molar-refractivity contribution in [1.29, 1.82) is 0 Å².